The second-order valence-corrected chi connectivity index (χ2v) is 17.9. The van der Waals surface area contributed by atoms with Gasteiger partial charge in [-0.1, -0.05) is 188 Å². The summed E-state index contributed by atoms with van der Waals surface area (Å²) in [6, 6.07) is 86.9. The van der Waals surface area contributed by atoms with Crippen LogP contribution in [0.3, 0.4) is 0 Å². The maximum Gasteiger partial charge on any atom is 0.0755 e. The van der Waals surface area contributed by atoms with Gasteiger partial charge < -0.3 is 9.47 Å². The number of nitrogens with zero attached hydrogens (tertiary/aromatic N) is 2. The van der Waals surface area contributed by atoms with Gasteiger partial charge >= 0.3 is 0 Å². The first kappa shape index (κ1) is 34.4. The molecule has 2 heterocycles. The van der Waals surface area contributed by atoms with Gasteiger partial charge in [0.2, 0.25) is 0 Å². The minimum absolute atomic E-state index is 0.440. The molecule has 296 valence electrons. The second-order valence-electron chi connectivity index (χ2n) is 17.9. The van der Waals surface area contributed by atoms with Crippen LogP contribution in [0.4, 0.5) is 17.1 Å². The minimum Gasteiger partial charge on any atom is -0.310 e. The molecule has 0 saturated carbocycles. The molecule has 0 fully saturated rings. The summed E-state index contributed by atoms with van der Waals surface area (Å²) < 4.78 is 2.53. The third-order valence-corrected chi connectivity index (χ3v) is 15.2. The molecule has 1 aromatic heterocycles. The van der Waals surface area contributed by atoms with Crippen LogP contribution < -0.4 is 4.90 Å². The molecule has 4 aliphatic rings. The summed E-state index contributed by atoms with van der Waals surface area (Å²) in [5, 5.41) is 2.57. The fourth-order valence-electron chi connectivity index (χ4n) is 13.0. The molecule has 11 aromatic rings. The lowest BCUT2D eigenvalue weighted by Gasteiger charge is -2.40. The van der Waals surface area contributed by atoms with E-state index in [0.29, 0.717) is 0 Å². The van der Waals surface area contributed by atoms with E-state index in [2.05, 4.69) is 240 Å². The van der Waals surface area contributed by atoms with Gasteiger partial charge in [-0.3, -0.25) is 0 Å². The molecule has 0 N–H and O–H groups in total. The number of benzene rings is 10. The van der Waals surface area contributed by atoms with Crippen LogP contribution in [0.5, 0.6) is 0 Å². The van der Waals surface area contributed by atoms with E-state index in [9.17, 15) is 0 Å². The predicted molar refractivity (Wildman–Crippen MR) is 263 cm³/mol. The standard InChI is InChI=1S/C62H38N2/c1-2-18-39(19-3-1)63(58-35-17-31-53-59(58)47-24-7-12-29-51(47)61(53)48-26-9-4-20-41(48)42-21-5-10-27-49(42)61)40-36-37-44-43-22-6-11-28-50(43)62(55(44)38-40)52-30-13-15-34-57(52)64-56-33-14-8-23-45(56)46-25-16-32-54(62)60(46)64/h1-38H. The molecule has 0 radical (unpaired) electrons. The van der Waals surface area contributed by atoms with Crippen molar-refractivity contribution in [3.8, 4) is 39.1 Å². The van der Waals surface area contributed by atoms with Gasteiger partial charge in [0.1, 0.15) is 0 Å². The van der Waals surface area contributed by atoms with Gasteiger partial charge in [-0.05, 0) is 115 Å². The summed E-state index contributed by atoms with van der Waals surface area (Å²) in [6.45, 7) is 0. The molecule has 10 aromatic carbocycles. The number of aromatic nitrogens is 1. The van der Waals surface area contributed by atoms with Gasteiger partial charge in [0, 0.05) is 27.7 Å². The lowest BCUT2D eigenvalue weighted by Crippen LogP contribution is -2.33. The summed E-state index contributed by atoms with van der Waals surface area (Å²) in [6.07, 6.45) is 0. The average molecular weight is 811 g/mol. The van der Waals surface area contributed by atoms with E-state index in [1.54, 1.807) is 0 Å². The summed E-state index contributed by atoms with van der Waals surface area (Å²) >= 11 is 0. The SMILES string of the molecule is c1ccc(N(c2ccc3c(c2)C2(c4ccccc4-3)c3ccccc3-n3c4ccccc4c4cccc2c43)c2cccc3c2-c2ccccc2C32c3ccccc3-c3ccccc32)cc1. The van der Waals surface area contributed by atoms with Gasteiger partial charge in [0.25, 0.3) is 0 Å². The predicted octanol–water partition coefficient (Wildman–Crippen LogP) is 15.3. The molecular formula is C62H38N2. The van der Waals surface area contributed by atoms with E-state index in [0.717, 1.165) is 11.4 Å². The van der Waals surface area contributed by atoms with E-state index in [1.165, 1.54) is 111 Å². The third kappa shape index (κ3) is 3.95. The molecule has 0 saturated heterocycles. The van der Waals surface area contributed by atoms with E-state index in [-0.39, 0.29) is 0 Å². The Morgan fingerprint density at radius 2 is 0.812 bits per heavy atom. The fourth-order valence-corrected chi connectivity index (χ4v) is 13.0. The van der Waals surface area contributed by atoms with Crippen LogP contribution in [0, 0.1) is 0 Å². The molecule has 1 atom stereocenters. The first-order chi connectivity index (χ1) is 31.8. The second kappa shape index (κ2) is 12.2. The van der Waals surface area contributed by atoms with Crippen molar-refractivity contribution >= 4 is 38.9 Å². The van der Waals surface area contributed by atoms with Crippen molar-refractivity contribution in [2.24, 2.45) is 0 Å². The highest BCUT2D eigenvalue weighted by atomic mass is 15.1. The minimum atomic E-state index is -0.558. The molecule has 0 bridgehead atoms. The monoisotopic (exact) mass is 810 g/mol. The highest BCUT2D eigenvalue weighted by Crippen LogP contribution is 2.66. The molecule has 1 aliphatic heterocycles. The number of para-hydroxylation sites is 4. The van der Waals surface area contributed by atoms with E-state index >= 15 is 0 Å². The Kier molecular flexibility index (Phi) is 6.58. The molecule has 1 unspecified atom stereocenters. The van der Waals surface area contributed by atoms with Gasteiger partial charge in [0.15, 0.2) is 0 Å². The summed E-state index contributed by atoms with van der Waals surface area (Å²) in [5.74, 6) is 0. The van der Waals surface area contributed by atoms with Crippen molar-refractivity contribution < 1.29 is 0 Å². The highest BCUT2D eigenvalue weighted by molar-refractivity contribution is 6.13. The molecule has 64 heavy (non-hydrogen) atoms. The van der Waals surface area contributed by atoms with Crippen LogP contribution in [0.25, 0.3) is 60.9 Å². The van der Waals surface area contributed by atoms with Crippen LogP contribution in [0.2, 0.25) is 0 Å². The molecule has 3 aliphatic carbocycles. The zero-order valence-corrected chi connectivity index (χ0v) is 34.8. The van der Waals surface area contributed by atoms with Crippen molar-refractivity contribution in [3.05, 3.63) is 275 Å². The van der Waals surface area contributed by atoms with Crippen LogP contribution in [-0.4, -0.2) is 4.57 Å². The quantitative estimate of drug-likeness (QED) is 0.173. The first-order valence-electron chi connectivity index (χ1n) is 22.4. The largest absolute Gasteiger partial charge is 0.310 e. The van der Waals surface area contributed by atoms with Gasteiger partial charge in [-0.25, -0.2) is 0 Å². The Morgan fingerprint density at radius 1 is 0.312 bits per heavy atom. The Morgan fingerprint density at radius 3 is 1.53 bits per heavy atom. The fraction of sp³-hybridized carbons (Fsp3) is 0.0323. The van der Waals surface area contributed by atoms with Gasteiger partial charge in [-0.2, -0.15) is 0 Å². The molecule has 2 nitrogen and oxygen atoms in total. The van der Waals surface area contributed by atoms with Crippen molar-refractivity contribution in [1.82, 2.24) is 4.57 Å². The molecule has 2 heteroatoms. The summed E-state index contributed by atoms with van der Waals surface area (Å²) in [5.41, 5.74) is 24.6. The zero-order chi connectivity index (χ0) is 41.7. The van der Waals surface area contributed by atoms with E-state index < -0.39 is 10.8 Å². The highest BCUT2D eigenvalue weighted by Gasteiger charge is 2.53. The average Bonchev–Trinajstić information content (AvgIpc) is 4.06. The van der Waals surface area contributed by atoms with Crippen LogP contribution in [0.1, 0.15) is 44.5 Å². The Hall–Kier alpha value is -8.20. The van der Waals surface area contributed by atoms with Crippen molar-refractivity contribution in [2.75, 3.05) is 4.90 Å². The molecule has 2 spiro atoms. The first-order valence-corrected chi connectivity index (χ1v) is 22.4. The van der Waals surface area contributed by atoms with Crippen molar-refractivity contribution in [2.45, 2.75) is 10.8 Å². The lowest BCUT2D eigenvalue weighted by molar-refractivity contribution is 0.748. The third-order valence-electron chi connectivity index (χ3n) is 15.2. The number of rotatable bonds is 3. The Labute approximate surface area is 371 Å². The number of fused-ring (bicyclic) bond motifs is 22. The smallest absolute Gasteiger partial charge is 0.0755 e. The van der Waals surface area contributed by atoms with Crippen LogP contribution in [-0.2, 0) is 10.8 Å². The molecule has 15 rings (SSSR count). The summed E-state index contributed by atoms with van der Waals surface area (Å²) in [7, 11) is 0. The normalized spacial score (nSPS) is 16.0. The number of hydrogen-bond donors (Lipinski definition) is 0. The Balaban J connectivity index is 1.04. The maximum absolute atomic E-state index is 2.53. The van der Waals surface area contributed by atoms with E-state index in [4.69, 9.17) is 0 Å². The van der Waals surface area contributed by atoms with E-state index in [1.807, 2.05) is 0 Å². The van der Waals surface area contributed by atoms with Gasteiger partial charge in [-0.15, -0.1) is 0 Å². The zero-order valence-electron chi connectivity index (χ0n) is 34.8. The molecular weight excluding hydrogens is 773 g/mol. The lowest BCUT2D eigenvalue weighted by atomic mass is 9.65. The van der Waals surface area contributed by atoms with Crippen molar-refractivity contribution in [3.63, 3.8) is 0 Å². The Bertz CT molecular complexity index is 3770. The van der Waals surface area contributed by atoms with Crippen LogP contribution in [0.15, 0.2) is 231 Å². The number of hydrogen-bond acceptors (Lipinski definition) is 1. The topological polar surface area (TPSA) is 8.17 Å². The summed E-state index contributed by atoms with van der Waals surface area (Å²) in [4.78, 5) is 2.53. The van der Waals surface area contributed by atoms with Crippen molar-refractivity contribution in [1.29, 1.82) is 0 Å². The van der Waals surface area contributed by atoms with Crippen LogP contribution >= 0.6 is 0 Å². The number of anilines is 3. The van der Waals surface area contributed by atoms with Gasteiger partial charge in [0.05, 0.1) is 33.2 Å². The molecule has 0 amide bonds. The maximum atomic E-state index is 2.53.